The summed E-state index contributed by atoms with van der Waals surface area (Å²) in [4.78, 5) is 25.0. The largest absolute Gasteiger partial charge is 0.466 e. The maximum absolute atomic E-state index is 14.5. The van der Waals surface area contributed by atoms with Gasteiger partial charge < -0.3 is 10.1 Å². The normalized spacial score (nSPS) is 18.9. The molecule has 0 aromatic heterocycles. The predicted octanol–water partition coefficient (Wildman–Crippen LogP) is 3.67. The van der Waals surface area contributed by atoms with Crippen LogP contribution in [0.1, 0.15) is 24.5 Å². The van der Waals surface area contributed by atoms with Gasteiger partial charge in [0, 0.05) is 16.3 Å². The minimum absolute atomic E-state index is 0.122. The third kappa shape index (κ3) is 2.55. The summed E-state index contributed by atoms with van der Waals surface area (Å²) in [6, 6.07) is 10.8. The van der Waals surface area contributed by atoms with Gasteiger partial charge in [0.05, 0.1) is 13.0 Å². The van der Waals surface area contributed by atoms with Crippen molar-refractivity contribution in [2.45, 2.75) is 18.8 Å². The van der Waals surface area contributed by atoms with Crippen LogP contribution in [0.5, 0.6) is 0 Å². The standard InChI is InChI=1S/C18H15ClFNO3/c1-2-24-16(22)10-18(12-5-3-4-6-14(12)20)13-9-11(19)7-8-15(13)21-17(18)23/h3-9H,2,10H2,1H3,(H,21,23). The first-order chi connectivity index (χ1) is 11.5. The highest BCUT2D eigenvalue weighted by molar-refractivity contribution is 6.31. The van der Waals surface area contributed by atoms with Crippen LogP contribution in [0.2, 0.25) is 5.02 Å². The lowest BCUT2D eigenvalue weighted by atomic mass is 9.72. The fourth-order valence-corrected chi connectivity index (χ4v) is 3.28. The van der Waals surface area contributed by atoms with E-state index >= 15 is 0 Å². The van der Waals surface area contributed by atoms with Crippen LogP contribution in [0.4, 0.5) is 10.1 Å². The SMILES string of the molecule is CCOC(=O)CC1(c2ccccc2F)C(=O)Nc2ccc(Cl)cc21. The Morgan fingerprint density at radius 2 is 2.00 bits per heavy atom. The highest BCUT2D eigenvalue weighted by atomic mass is 35.5. The molecule has 0 aliphatic carbocycles. The van der Waals surface area contributed by atoms with E-state index in [0.717, 1.165) is 0 Å². The second-order valence-corrected chi connectivity index (χ2v) is 5.95. The Morgan fingerprint density at radius 1 is 1.25 bits per heavy atom. The molecular formula is C18H15ClFNO3. The molecule has 1 aliphatic rings. The molecule has 0 saturated heterocycles. The van der Waals surface area contributed by atoms with E-state index in [1.54, 1.807) is 31.2 Å². The smallest absolute Gasteiger partial charge is 0.307 e. The van der Waals surface area contributed by atoms with E-state index in [2.05, 4.69) is 5.32 Å². The van der Waals surface area contributed by atoms with E-state index in [1.807, 2.05) is 0 Å². The second-order valence-electron chi connectivity index (χ2n) is 5.51. The second kappa shape index (κ2) is 6.24. The number of halogens is 2. The summed E-state index contributed by atoms with van der Waals surface area (Å²) in [5.74, 6) is -1.62. The molecular weight excluding hydrogens is 333 g/mol. The summed E-state index contributed by atoms with van der Waals surface area (Å²) < 4.78 is 19.5. The van der Waals surface area contributed by atoms with E-state index in [4.69, 9.17) is 16.3 Å². The van der Waals surface area contributed by atoms with Crippen molar-refractivity contribution >= 4 is 29.2 Å². The molecule has 124 valence electrons. The molecule has 0 radical (unpaired) electrons. The Labute approximate surface area is 143 Å². The summed E-state index contributed by atoms with van der Waals surface area (Å²) in [5.41, 5.74) is -0.399. The molecule has 1 unspecified atom stereocenters. The summed E-state index contributed by atoms with van der Waals surface area (Å²) in [6.07, 6.45) is -0.305. The van der Waals surface area contributed by atoms with E-state index in [9.17, 15) is 14.0 Å². The molecule has 0 saturated carbocycles. The van der Waals surface area contributed by atoms with Crippen LogP contribution >= 0.6 is 11.6 Å². The van der Waals surface area contributed by atoms with Gasteiger partial charge in [0.1, 0.15) is 11.2 Å². The van der Waals surface area contributed by atoms with Crippen molar-refractivity contribution in [2.75, 3.05) is 11.9 Å². The lowest BCUT2D eigenvalue weighted by molar-refractivity contribution is -0.145. The van der Waals surface area contributed by atoms with Gasteiger partial charge in [-0.05, 0) is 36.8 Å². The van der Waals surface area contributed by atoms with Crippen molar-refractivity contribution in [3.05, 3.63) is 64.4 Å². The number of benzene rings is 2. The fourth-order valence-electron chi connectivity index (χ4n) is 3.10. The summed E-state index contributed by atoms with van der Waals surface area (Å²) in [7, 11) is 0. The third-order valence-corrected chi connectivity index (χ3v) is 4.36. The molecule has 0 fully saturated rings. The van der Waals surface area contributed by atoms with Gasteiger partial charge in [0.25, 0.3) is 0 Å². The number of hydrogen-bond acceptors (Lipinski definition) is 3. The van der Waals surface area contributed by atoms with Gasteiger partial charge in [0.15, 0.2) is 0 Å². The Hall–Kier alpha value is -2.40. The van der Waals surface area contributed by atoms with Crippen LogP contribution in [0.15, 0.2) is 42.5 Å². The van der Waals surface area contributed by atoms with Crippen molar-refractivity contribution in [1.29, 1.82) is 0 Å². The summed E-state index contributed by atoms with van der Waals surface area (Å²) >= 11 is 6.07. The number of ether oxygens (including phenoxy) is 1. The zero-order valence-electron chi connectivity index (χ0n) is 12.9. The first-order valence-electron chi connectivity index (χ1n) is 7.51. The van der Waals surface area contributed by atoms with Gasteiger partial charge >= 0.3 is 5.97 Å². The van der Waals surface area contributed by atoms with E-state index < -0.39 is 23.1 Å². The molecule has 24 heavy (non-hydrogen) atoms. The Kier molecular flexibility index (Phi) is 4.28. The first-order valence-corrected chi connectivity index (χ1v) is 7.89. The number of carbonyl (C=O) groups is 2. The minimum Gasteiger partial charge on any atom is -0.466 e. The average Bonchev–Trinajstić information content (AvgIpc) is 2.81. The Balaban J connectivity index is 2.25. The Morgan fingerprint density at radius 3 is 2.71 bits per heavy atom. The molecule has 1 heterocycles. The molecule has 0 spiro atoms. The topological polar surface area (TPSA) is 55.4 Å². The van der Waals surface area contributed by atoms with Crippen LogP contribution in [-0.2, 0) is 19.7 Å². The third-order valence-electron chi connectivity index (χ3n) is 4.13. The van der Waals surface area contributed by atoms with Gasteiger partial charge in [-0.1, -0.05) is 29.8 Å². The maximum Gasteiger partial charge on any atom is 0.307 e. The molecule has 0 bridgehead atoms. The maximum atomic E-state index is 14.5. The van der Waals surface area contributed by atoms with Gasteiger partial charge in [-0.3, -0.25) is 9.59 Å². The number of rotatable bonds is 4. The van der Waals surface area contributed by atoms with E-state index in [1.165, 1.54) is 18.2 Å². The quantitative estimate of drug-likeness (QED) is 0.858. The molecule has 6 heteroatoms. The highest BCUT2D eigenvalue weighted by Crippen LogP contribution is 2.47. The van der Waals surface area contributed by atoms with Crippen molar-refractivity contribution in [3.8, 4) is 0 Å². The minimum atomic E-state index is -1.50. The van der Waals surface area contributed by atoms with Gasteiger partial charge in [0.2, 0.25) is 5.91 Å². The summed E-state index contributed by atoms with van der Waals surface area (Å²) in [6.45, 7) is 1.85. The zero-order chi connectivity index (χ0) is 17.3. The van der Waals surface area contributed by atoms with E-state index in [-0.39, 0.29) is 18.6 Å². The summed E-state index contributed by atoms with van der Waals surface area (Å²) in [5, 5.41) is 3.11. The number of hydrogen-bond donors (Lipinski definition) is 1. The van der Waals surface area contributed by atoms with E-state index in [0.29, 0.717) is 16.3 Å². The molecule has 3 rings (SSSR count). The van der Waals surface area contributed by atoms with Crippen LogP contribution in [-0.4, -0.2) is 18.5 Å². The molecule has 2 aromatic rings. The fraction of sp³-hybridized carbons (Fsp3) is 0.222. The molecule has 4 nitrogen and oxygen atoms in total. The molecule has 2 aromatic carbocycles. The number of esters is 1. The molecule has 1 N–H and O–H groups in total. The van der Waals surface area contributed by atoms with Crippen molar-refractivity contribution in [2.24, 2.45) is 0 Å². The molecule has 1 atom stereocenters. The van der Waals surface area contributed by atoms with Crippen molar-refractivity contribution in [3.63, 3.8) is 0 Å². The average molecular weight is 348 g/mol. The van der Waals surface area contributed by atoms with Crippen LogP contribution in [0.25, 0.3) is 0 Å². The number of fused-ring (bicyclic) bond motifs is 1. The Bertz CT molecular complexity index is 824. The predicted molar refractivity (Wildman–Crippen MR) is 88.5 cm³/mol. The van der Waals surface area contributed by atoms with Gasteiger partial charge in [-0.2, -0.15) is 0 Å². The van der Waals surface area contributed by atoms with Crippen molar-refractivity contribution < 1.29 is 18.7 Å². The number of amides is 1. The molecule has 1 aliphatic heterocycles. The van der Waals surface area contributed by atoms with Gasteiger partial charge in [-0.25, -0.2) is 4.39 Å². The highest BCUT2D eigenvalue weighted by Gasteiger charge is 2.51. The molecule has 1 amide bonds. The van der Waals surface area contributed by atoms with Crippen LogP contribution in [0.3, 0.4) is 0 Å². The first kappa shape index (κ1) is 16.5. The van der Waals surface area contributed by atoms with Gasteiger partial charge in [-0.15, -0.1) is 0 Å². The lowest BCUT2D eigenvalue weighted by Crippen LogP contribution is -2.39. The zero-order valence-corrected chi connectivity index (χ0v) is 13.7. The number of anilines is 1. The number of carbonyl (C=O) groups excluding carboxylic acids is 2. The van der Waals surface area contributed by atoms with Crippen LogP contribution < -0.4 is 5.32 Å². The monoisotopic (exact) mass is 347 g/mol. The van der Waals surface area contributed by atoms with Crippen molar-refractivity contribution in [1.82, 2.24) is 0 Å². The number of nitrogens with one attached hydrogen (secondary N) is 1. The van der Waals surface area contributed by atoms with Crippen LogP contribution in [0, 0.1) is 5.82 Å². The lowest BCUT2D eigenvalue weighted by Gasteiger charge is -2.27.